The van der Waals surface area contributed by atoms with E-state index in [1.807, 2.05) is 19.1 Å². The van der Waals surface area contributed by atoms with Gasteiger partial charge in [0.1, 0.15) is 11.3 Å². The zero-order valence-corrected chi connectivity index (χ0v) is 13.4. The third-order valence-corrected chi connectivity index (χ3v) is 3.85. The lowest BCUT2D eigenvalue weighted by Gasteiger charge is -2.22. The van der Waals surface area contributed by atoms with Crippen LogP contribution in [0.5, 0.6) is 5.75 Å². The summed E-state index contributed by atoms with van der Waals surface area (Å²) in [6.45, 7) is 3.85. The summed E-state index contributed by atoms with van der Waals surface area (Å²) in [6.07, 6.45) is 3.91. The predicted octanol–water partition coefficient (Wildman–Crippen LogP) is 3.41. The lowest BCUT2D eigenvalue weighted by Crippen LogP contribution is -2.23. The van der Waals surface area contributed by atoms with Crippen molar-refractivity contribution in [3.05, 3.63) is 40.2 Å². The average molecular weight is 318 g/mol. The maximum Gasteiger partial charge on any atom is 0.339 e. The number of aryl methyl sites for hydroxylation is 1. The van der Waals surface area contributed by atoms with Gasteiger partial charge in [0.2, 0.25) is 0 Å². The van der Waals surface area contributed by atoms with Gasteiger partial charge in [-0.3, -0.25) is 0 Å². The van der Waals surface area contributed by atoms with Gasteiger partial charge in [0.05, 0.1) is 24.7 Å². The highest BCUT2D eigenvalue weighted by Gasteiger charge is 2.13. The highest BCUT2D eigenvalue weighted by atomic mass is 16.7. The monoisotopic (exact) mass is 318 g/mol. The van der Waals surface area contributed by atoms with Crippen LogP contribution in [0.4, 0.5) is 0 Å². The minimum Gasteiger partial charge on any atom is -0.492 e. The molecule has 1 fully saturated rings. The van der Waals surface area contributed by atoms with Crippen molar-refractivity contribution in [1.29, 1.82) is 0 Å². The van der Waals surface area contributed by atoms with Crippen molar-refractivity contribution in [2.45, 2.75) is 38.9 Å². The number of hydrogen-bond donors (Lipinski definition) is 0. The number of benzene rings is 1. The Hall–Kier alpha value is -1.85. The molecule has 1 aromatic carbocycles. The molecular weight excluding hydrogens is 296 g/mol. The number of ether oxygens (including phenoxy) is 3. The molecule has 1 unspecified atom stereocenters. The van der Waals surface area contributed by atoms with Gasteiger partial charge in [0.25, 0.3) is 0 Å². The summed E-state index contributed by atoms with van der Waals surface area (Å²) in [5.74, 6) is 0.564. The standard InChI is InChI=1S/C18H22O5/c1-13-6-7-15-14(11-13)16(12-17(19)23-15)20-9-4-10-22-18-5-2-3-8-21-18/h6-7,11-12,18H,2-5,8-10H2,1H3. The largest absolute Gasteiger partial charge is 0.492 e. The lowest BCUT2D eigenvalue weighted by atomic mass is 10.1. The van der Waals surface area contributed by atoms with Crippen molar-refractivity contribution in [2.24, 2.45) is 0 Å². The Bertz CT molecular complexity index is 700. The van der Waals surface area contributed by atoms with E-state index < -0.39 is 5.63 Å². The summed E-state index contributed by atoms with van der Waals surface area (Å²) >= 11 is 0. The molecule has 0 bridgehead atoms. The summed E-state index contributed by atoms with van der Waals surface area (Å²) in [5, 5.41) is 0.820. The molecule has 0 spiro atoms. The van der Waals surface area contributed by atoms with E-state index in [1.165, 1.54) is 6.07 Å². The van der Waals surface area contributed by atoms with Crippen molar-refractivity contribution in [3.63, 3.8) is 0 Å². The Kier molecular flexibility index (Phi) is 5.31. The molecular formula is C18H22O5. The molecule has 1 atom stereocenters. The van der Waals surface area contributed by atoms with Gasteiger partial charge in [-0.1, -0.05) is 11.6 Å². The van der Waals surface area contributed by atoms with Gasteiger partial charge >= 0.3 is 5.63 Å². The van der Waals surface area contributed by atoms with Gasteiger partial charge in [-0.15, -0.1) is 0 Å². The van der Waals surface area contributed by atoms with E-state index in [9.17, 15) is 4.79 Å². The van der Waals surface area contributed by atoms with E-state index in [0.29, 0.717) is 24.5 Å². The summed E-state index contributed by atoms with van der Waals surface area (Å²) in [6, 6.07) is 7.06. The normalized spacial score (nSPS) is 18.2. The highest BCUT2D eigenvalue weighted by Crippen LogP contribution is 2.24. The van der Waals surface area contributed by atoms with E-state index in [-0.39, 0.29) is 6.29 Å². The Labute approximate surface area is 135 Å². The molecule has 124 valence electrons. The van der Waals surface area contributed by atoms with Crippen LogP contribution in [-0.2, 0) is 9.47 Å². The fourth-order valence-corrected chi connectivity index (χ4v) is 2.67. The maximum atomic E-state index is 11.6. The molecule has 3 rings (SSSR count). The Morgan fingerprint density at radius 1 is 1.22 bits per heavy atom. The molecule has 2 aromatic rings. The molecule has 1 aromatic heterocycles. The van der Waals surface area contributed by atoms with Gasteiger partial charge in [0, 0.05) is 13.0 Å². The fourth-order valence-electron chi connectivity index (χ4n) is 2.67. The molecule has 1 aliphatic rings. The average Bonchev–Trinajstić information content (AvgIpc) is 2.56. The van der Waals surface area contributed by atoms with Gasteiger partial charge < -0.3 is 18.6 Å². The molecule has 0 N–H and O–H groups in total. The Balaban J connectivity index is 1.54. The SMILES string of the molecule is Cc1ccc2oc(=O)cc(OCCCOC3CCCCO3)c2c1. The van der Waals surface area contributed by atoms with Crippen LogP contribution in [0.3, 0.4) is 0 Å². The van der Waals surface area contributed by atoms with Crippen LogP contribution in [0.15, 0.2) is 33.5 Å². The van der Waals surface area contributed by atoms with E-state index in [2.05, 4.69) is 0 Å². The molecule has 0 amide bonds. The molecule has 0 radical (unpaired) electrons. The third-order valence-electron chi connectivity index (χ3n) is 3.85. The van der Waals surface area contributed by atoms with Crippen LogP contribution in [-0.4, -0.2) is 26.1 Å². The van der Waals surface area contributed by atoms with Gasteiger partial charge in [0.15, 0.2) is 6.29 Å². The van der Waals surface area contributed by atoms with Crippen LogP contribution < -0.4 is 10.4 Å². The van der Waals surface area contributed by atoms with Crippen LogP contribution >= 0.6 is 0 Å². The van der Waals surface area contributed by atoms with Crippen LogP contribution in [0.25, 0.3) is 11.0 Å². The van der Waals surface area contributed by atoms with Crippen molar-refractivity contribution in [3.8, 4) is 5.75 Å². The zero-order chi connectivity index (χ0) is 16.1. The van der Waals surface area contributed by atoms with E-state index in [1.54, 1.807) is 6.07 Å². The Morgan fingerprint density at radius 2 is 2.13 bits per heavy atom. The molecule has 5 heteroatoms. The highest BCUT2D eigenvalue weighted by molar-refractivity contribution is 5.83. The first-order valence-corrected chi connectivity index (χ1v) is 8.13. The number of rotatable bonds is 6. The smallest absolute Gasteiger partial charge is 0.339 e. The molecule has 1 aliphatic heterocycles. The van der Waals surface area contributed by atoms with Crippen LogP contribution in [0, 0.1) is 6.92 Å². The van der Waals surface area contributed by atoms with Crippen molar-refractivity contribution in [1.82, 2.24) is 0 Å². The van der Waals surface area contributed by atoms with Crippen LogP contribution in [0.2, 0.25) is 0 Å². The second kappa shape index (κ2) is 7.62. The third kappa shape index (κ3) is 4.33. The molecule has 0 saturated carbocycles. The van der Waals surface area contributed by atoms with Crippen LogP contribution in [0.1, 0.15) is 31.2 Å². The minimum atomic E-state index is -0.400. The molecule has 23 heavy (non-hydrogen) atoms. The first-order chi connectivity index (χ1) is 11.2. The first-order valence-electron chi connectivity index (χ1n) is 8.13. The van der Waals surface area contributed by atoms with Crippen molar-refractivity contribution >= 4 is 11.0 Å². The maximum absolute atomic E-state index is 11.6. The molecule has 1 saturated heterocycles. The molecule has 2 heterocycles. The van der Waals surface area contributed by atoms with Gasteiger partial charge in [-0.05, 0) is 38.3 Å². The quantitative estimate of drug-likeness (QED) is 0.603. The second-order valence-corrected chi connectivity index (χ2v) is 5.80. The summed E-state index contributed by atoms with van der Waals surface area (Å²) in [4.78, 5) is 11.6. The van der Waals surface area contributed by atoms with Gasteiger partial charge in [-0.25, -0.2) is 4.79 Å². The van der Waals surface area contributed by atoms with Crippen molar-refractivity contribution < 1.29 is 18.6 Å². The topological polar surface area (TPSA) is 57.9 Å². The summed E-state index contributed by atoms with van der Waals surface area (Å²) in [7, 11) is 0. The minimum absolute atomic E-state index is 0.0731. The number of hydrogen-bond acceptors (Lipinski definition) is 5. The summed E-state index contributed by atoms with van der Waals surface area (Å²) in [5.41, 5.74) is 1.24. The van der Waals surface area contributed by atoms with E-state index >= 15 is 0 Å². The van der Waals surface area contributed by atoms with Gasteiger partial charge in [-0.2, -0.15) is 0 Å². The fraction of sp³-hybridized carbons (Fsp3) is 0.500. The lowest BCUT2D eigenvalue weighted by molar-refractivity contribution is -0.163. The number of fused-ring (bicyclic) bond motifs is 1. The molecule has 0 aliphatic carbocycles. The second-order valence-electron chi connectivity index (χ2n) is 5.80. The zero-order valence-electron chi connectivity index (χ0n) is 13.4. The predicted molar refractivity (Wildman–Crippen MR) is 86.9 cm³/mol. The van der Waals surface area contributed by atoms with Crippen molar-refractivity contribution in [2.75, 3.05) is 19.8 Å². The first kappa shape index (κ1) is 16.0. The van der Waals surface area contributed by atoms with E-state index in [0.717, 1.165) is 43.2 Å². The summed E-state index contributed by atoms with van der Waals surface area (Å²) < 4.78 is 22.1. The molecule has 5 nitrogen and oxygen atoms in total. The Morgan fingerprint density at radius 3 is 2.96 bits per heavy atom. The van der Waals surface area contributed by atoms with E-state index in [4.69, 9.17) is 18.6 Å².